The Morgan fingerprint density at radius 1 is 0.795 bits per heavy atom. The van der Waals surface area contributed by atoms with E-state index in [2.05, 4.69) is 26.6 Å². The lowest BCUT2D eigenvalue weighted by Crippen LogP contribution is -2.40. The van der Waals surface area contributed by atoms with Crippen LogP contribution in [-0.2, 0) is 14.4 Å². The first-order valence-corrected chi connectivity index (χ1v) is 13.8. The molecule has 226 valence electrons. The lowest BCUT2D eigenvalue weighted by molar-refractivity contribution is -0.124. The highest BCUT2D eigenvalue weighted by atomic mass is 35.5. The zero-order valence-electron chi connectivity index (χ0n) is 23.8. The van der Waals surface area contributed by atoms with Gasteiger partial charge in [0.2, 0.25) is 17.7 Å². The lowest BCUT2D eigenvalue weighted by Gasteiger charge is -2.17. The minimum atomic E-state index is -0.655. The van der Waals surface area contributed by atoms with Gasteiger partial charge >= 0.3 is 6.03 Å². The first-order chi connectivity index (χ1) is 21.1. The Hall–Kier alpha value is -5.42. The highest BCUT2D eigenvalue weighted by Gasteiger charge is 2.18. The van der Waals surface area contributed by atoms with Gasteiger partial charge in [0.15, 0.2) is 0 Å². The van der Waals surface area contributed by atoms with E-state index < -0.39 is 36.0 Å². The number of halogens is 2. The number of hydrogen-bond acceptors (Lipinski definition) is 6. The summed E-state index contributed by atoms with van der Waals surface area (Å²) in [5, 5.41) is 13.2. The second-order valence-corrected chi connectivity index (χ2v) is 9.97. The standard InChI is InChI=1S/C32H29ClFN5O5/c1-19-14-26(34)24(16-27(19)36-18-31(42)39-32(43)35-2)25-15-22(12-13-28(25)44-23-6-4-3-5-7-23)38-30(41)17-29(40)37-21-10-8-20(33)9-11-21/h3-16,36H,17-18H2,1-2H3,(H,37,40)(H,38,41)(H2,35,39,42,43). The summed E-state index contributed by atoms with van der Waals surface area (Å²) in [6.45, 7) is 1.42. The van der Waals surface area contributed by atoms with Crippen molar-refractivity contribution in [2.45, 2.75) is 13.3 Å². The number of amides is 5. The van der Waals surface area contributed by atoms with Crippen molar-refractivity contribution >= 4 is 52.4 Å². The van der Waals surface area contributed by atoms with Crippen molar-refractivity contribution in [3.8, 4) is 22.6 Å². The van der Waals surface area contributed by atoms with Crippen LogP contribution < -0.4 is 31.3 Å². The molecule has 10 nitrogen and oxygen atoms in total. The van der Waals surface area contributed by atoms with E-state index in [0.29, 0.717) is 44.7 Å². The molecule has 44 heavy (non-hydrogen) atoms. The Labute approximate surface area is 257 Å². The zero-order chi connectivity index (χ0) is 31.6. The summed E-state index contributed by atoms with van der Waals surface area (Å²) < 4.78 is 21.5. The average molecular weight is 618 g/mol. The molecular weight excluding hydrogens is 589 g/mol. The molecule has 0 radical (unpaired) electrons. The Morgan fingerprint density at radius 2 is 1.45 bits per heavy atom. The zero-order valence-corrected chi connectivity index (χ0v) is 24.6. The molecule has 0 aliphatic carbocycles. The number of hydrogen-bond donors (Lipinski definition) is 5. The number of benzene rings is 4. The van der Waals surface area contributed by atoms with Gasteiger partial charge in [0, 0.05) is 40.3 Å². The third-order valence-corrected chi connectivity index (χ3v) is 6.46. The van der Waals surface area contributed by atoms with Crippen molar-refractivity contribution in [2.24, 2.45) is 0 Å². The molecule has 0 spiro atoms. The second-order valence-electron chi connectivity index (χ2n) is 9.53. The van der Waals surface area contributed by atoms with Crippen molar-refractivity contribution < 1.29 is 28.3 Å². The molecule has 0 unspecified atom stereocenters. The van der Waals surface area contributed by atoms with Crippen molar-refractivity contribution in [1.82, 2.24) is 10.6 Å². The molecule has 4 aromatic carbocycles. The Kier molecular flexibility index (Phi) is 10.5. The van der Waals surface area contributed by atoms with Gasteiger partial charge in [0.05, 0.1) is 6.54 Å². The van der Waals surface area contributed by atoms with Crippen LogP contribution in [0.3, 0.4) is 0 Å². The third kappa shape index (κ3) is 8.79. The summed E-state index contributed by atoms with van der Waals surface area (Å²) in [4.78, 5) is 48.7. The average Bonchev–Trinajstić information content (AvgIpc) is 2.99. The van der Waals surface area contributed by atoms with Crippen LogP contribution in [0.5, 0.6) is 11.5 Å². The van der Waals surface area contributed by atoms with E-state index >= 15 is 4.39 Å². The first kappa shape index (κ1) is 31.5. The van der Waals surface area contributed by atoms with Crippen LogP contribution in [0, 0.1) is 12.7 Å². The van der Waals surface area contributed by atoms with Crippen LogP contribution in [0.25, 0.3) is 11.1 Å². The van der Waals surface area contributed by atoms with E-state index in [-0.39, 0.29) is 12.1 Å². The van der Waals surface area contributed by atoms with Crippen LogP contribution in [0.1, 0.15) is 12.0 Å². The fraction of sp³-hybridized carbons (Fsp3) is 0.125. The molecule has 4 rings (SSSR count). The molecule has 0 saturated heterocycles. The predicted octanol–water partition coefficient (Wildman–Crippen LogP) is 6.08. The maximum absolute atomic E-state index is 15.5. The van der Waals surface area contributed by atoms with E-state index in [9.17, 15) is 19.2 Å². The van der Waals surface area contributed by atoms with Gasteiger partial charge in [-0.2, -0.15) is 0 Å². The molecule has 0 aliphatic rings. The van der Waals surface area contributed by atoms with E-state index in [1.54, 1.807) is 67.6 Å². The molecular formula is C32H29ClFN5O5. The van der Waals surface area contributed by atoms with Crippen LogP contribution in [-0.4, -0.2) is 37.3 Å². The van der Waals surface area contributed by atoms with Crippen molar-refractivity contribution in [3.63, 3.8) is 0 Å². The van der Waals surface area contributed by atoms with Gasteiger partial charge in [0.25, 0.3) is 0 Å². The molecule has 0 fully saturated rings. The van der Waals surface area contributed by atoms with Crippen LogP contribution in [0.15, 0.2) is 84.9 Å². The quantitative estimate of drug-likeness (QED) is 0.137. The number of urea groups is 1. The number of aryl methyl sites for hydroxylation is 1. The summed E-state index contributed by atoms with van der Waals surface area (Å²) in [5.74, 6) is -1.50. The summed E-state index contributed by atoms with van der Waals surface area (Å²) in [7, 11) is 1.38. The lowest BCUT2D eigenvalue weighted by atomic mass is 10.00. The number of carbonyl (C=O) groups excluding carboxylic acids is 4. The van der Waals surface area contributed by atoms with Gasteiger partial charge in [-0.15, -0.1) is 0 Å². The van der Waals surface area contributed by atoms with Gasteiger partial charge in [-0.05, 0) is 79.2 Å². The van der Waals surface area contributed by atoms with Crippen LogP contribution >= 0.6 is 11.6 Å². The minimum absolute atomic E-state index is 0.118. The number of ether oxygens (including phenoxy) is 1. The first-order valence-electron chi connectivity index (χ1n) is 13.4. The topological polar surface area (TPSA) is 138 Å². The van der Waals surface area contributed by atoms with Crippen LogP contribution in [0.4, 0.5) is 26.2 Å². The van der Waals surface area contributed by atoms with E-state index in [1.165, 1.54) is 25.2 Å². The maximum atomic E-state index is 15.5. The fourth-order valence-corrected chi connectivity index (χ4v) is 4.22. The Balaban J connectivity index is 1.59. The number of rotatable bonds is 10. The normalized spacial score (nSPS) is 10.4. The third-order valence-electron chi connectivity index (χ3n) is 6.21. The highest BCUT2D eigenvalue weighted by molar-refractivity contribution is 6.30. The molecule has 0 aromatic heterocycles. The number of nitrogens with one attached hydrogen (secondary N) is 5. The molecule has 12 heteroatoms. The largest absolute Gasteiger partial charge is 0.457 e. The van der Waals surface area contributed by atoms with E-state index in [0.717, 1.165) is 0 Å². The molecule has 5 N–H and O–H groups in total. The highest BCUT2D eigenvalue weighted by Crippen LogP contribution is 2.39. The predicted molar refractivity (Wildman–Crippen MR) is 168 cm³/mol. The molecule has 0 aliphatic heterocycles. The summed E-state index contributed by atoms with van der Waals surface area (Å²) in [5.41, 5.74) is 2.15. The Bertz CT molecular complexity index is 1680. The molecule has 0 heterocycles. The van der Waals surface area contributed by atoms with Crippen molar-refractivity contribution in [1.29, 1.82) is 0 Å². The van der Waals surface area contributed by atoms with Gasteiger partial charge in [-0.1, -0.05) is 29.8 Å². The van der Waals surface area contributed by atoms with E-state index in [1.807, 2.05) is 6.07 Å². The summed E-state index contributed by atoms with van der Waals surface area (Å²) in [6.07, 6.45) is -0.467. The number of anilines is 3. The van der Waals surface area contributed by atoms with Crippen LogP contribution in [0.2, 0.25) is 5.02 Å². The molecule has 4 aromatic rings. The van der Waals surface area contributed by atoms with E-state index in [4.69, 9.17) is 16.3 Å². The number of carbonyl (C=O) groups is 4. The summed E-state index contributed by atoms with van der Waals surface area (Å²) >= 11 is 5.87. The number of imide groups is 1. The molecule has 0 atom stereocenters. The van der Waals surface area contributed by atoms with Gasteiger partial charge < -0.3 is 26.0 Å². The summed E-state index contributed by atoms with van der Waals surface area (Å²) in [6, 6.07) is 22.2. The second kappa shape index (κ2) is 14.7. The SMILES string of the molecule is CNC(=O)NC(=O)CNc1cc(-c2cc(NC(=O)CC(=O)Nc3ccc(Cl)cc3)ccc2Oc2ccccc2)c(F)cc1C. The number of para-hydroxylation sites is 1. The van der Waals surface area contributed by atoms with Gasteiger partial charge in [-0.25, -0.2) is 9.18 Å². The van der Waals surface area contributed by atoms with Gasteiger partial charge in [0.1, 0.15) is 23.7 Å². The molecule has 5 amide bonds. The Morgan fingerprint density at radius 3 is 2.14 bits per heavy atom. The minimum Gasteiger partial charge on any atom is -0.457 e. The van der Waals surface area contributed by atoms with Crippen molar-refractivity contribution in [3.05, 3.63) is 101 Å². The van der Waals surface area contributed by atoms with Crippen molar-refractivity contribution in [2.75, 3.05) is 29.5 Å². The molecule has 0 bridgehead atoms. The molecule has 0 saturated carbocycles. The monoisotopic (exact) mass is 617 g/mol. The fourth-order valence-electron chi connectivity index (χ4n) is 4.09. The van der Waals surface area contributed by atoms with Gasteiger partial charge in [-0.3, -0.25) is 19.7 Å². The maximum Gasteiger partial charge on any atom is 0.321 e. The smallest absolute Gasteiger partial charge is 0.321 e.